The summed E-state index contributed by atoms with van der Waals surface area (Å²) in [6.07, 6.45) is -3.73. The number of aliphatic imine (C=N–C) groups is 1. The number of benzene rings is 2. The highest BCUT2D eigenvalue weighted by atomic mass is 32.1. The molecule has 0 radical (unpaired) electrons. The molecule has 2 aromatic carbocycles. The summed E-state index contributed by atoms with van der Waals surface area (Å²) in [5, 5.41) is 7.96. The number of rotatable bonds is 9. The van der Waals surface area contributed by atoms with Crippen molar-refractivity contribution in [2.45, 2.75) is 31.6 Å². The predicted octanol–water partition coefficient (Wildman–Crippen LogP) is 3.39. The third-order valence-corrected chi connectivity index (χ3v) is 6.00. The van der Waals surface area contributed by atoms with Gasteiger partial charge in [0, 0.05) is 28.6 Å². The summed E-state index contributed by atoms with van der Waals surface area (Å²) in [5.41, 5.74) is 10.8. The molecule has 1 aromatic heterocycles. The van der Waals surface area contributed by atoms with Crippen LogP contribution in [0.3, 0.4) is 0 Å². The van der Waals surface area contributed by atoms with Crippen LogP contribution in [0.5, 0.6) is 0 Å². The molecule has 3 aromatic rings. The van der Waals surface area contributed by atoms with Gasteiger partial charge >= 0.3 is 6.18 Å². The van der Waals surface area contributed by atoms with Crippen LogP contribution in [-0.4, -0.2) is 30.4 Å². The fraction of sp³-hybridized carbons (Fsp3) is 0.261. The number of hydrogen-bond donors (Lipinski definition) is 4. The van der Waals surface area contributed by atoms with E-state index >= 15 is 0 Å². The second-order valence-corrected chi connectivity index (χ2v) is 8.44. The lowest BCUT2D eigenvalue weighted by molar-refractivity contribution is -0.137. The summed E-state index contributed by atoms with van der Waals surface area (Å²) < 4.78 is 39.2. The van der Waals surface area contributed by atoms with E-state index < -0.39 is 29.6 Å². The minimum absolute atomic E-state index is 0.0125. The molecule has 0 unspecified atom stereocenters. The van der Waals surface area contributed by atoms with Gasteiger partial charge in [-0.15, -0.1) is 11.3 Å². The van der Waals surface area contributed by atoms with Crippen molar-refractivity contribution in [2.75, 3.05) is 6.54 Å². The largest absolute Gasteiger partial charge is 0.416 e. The molecular formula is C23H24F3N5O2S. The van der Waals surface area contributed by atoms with Gasteiger partial charge in [-0.05, 0) is 36.6 Å². The number of alkyl halides is 3. The number of fused-ring (bicyclic) bond motifs is 1. The van der Waals surface area contributed by atoms with Crippen molar-refractivity contribution in [1.29, 1.82) is 0 Å². The quantitative estimate of drug-likeness (QED) is 0.208. The van der Waals surface area contributed by atoms with Crippen LogP contribution in [0.1, 0.15) is 34.3 Å². The third-order valence-electron chi connectivity index (χ3n) is 5.04. The van der Waals surface area contributed by atoms with E-state index in [9.17, 15) is 22.8 Å². The Kier molecular flexibility index (Phi) is 8.11. The molecule has 34 heavy (non-hydrogen) atoms. The Labute approximate surface area is 198 Å². The van der Waals surface area contributed by atoms with Crippen LogP contribution in [0, 0.1) is 0 Å². The van der Waals surface area contributed by atoms with Gasteiger partial charge in [0.05, 0.1) is 11.1 Å². The lowest BCUT2D eigenvalue weighted by Crippen LogP contribution is -2.46. The highest BCUT2D eigenvalue weighted by molar-refractivity contribution is 7.17. The van der Waals surface area contributed by atoms with Crippen molar-refractivity contribution in [3.8, 4) is 0 Å². The van der Waals surface area contributed by atoms with E-state index in [2.05, 4.69) is 15.6 Å². The second-order valence-electron chi connectivity index (χ2n) is 7.53. The summed E-state index contributed by atoms with van der Waals surface area (Å²) in [6, 6.07) is 11.1. The van der Waals surface area contributed by atoms with Crippen LogP contribution in [0.25, 0.3) is 10.1 Å². The van der Waals surface area contributed by atoms with Crippen molar-refractivity contribution in [3.05, 3.63) is 70.6 Å². The zero-order valence-corrected chi connectivity index (χ0v) is 18.9. The fourth-order valence-electron chi connectivity index (χ4n) is 3.29. The van der Waals surface area contributed by atoms with Crippen molar-refractivity contribution in [3.63, 3.8) is 0 Å². The number of nitrogens with one attached hydrogen (secondary N) is 2. The van der Waals surface area contributed by atoms with Crippen molar-refractivity contribution >= 4 is 39.2 Å². The number of amides is 2. The van der Waals surface area contributed by atoms with E-state index in [1.165, 1.54) is 23.5 Å². The highest BCUT2D eigenvalue weighted by Gasteiger charge is 2.30. The third kappa shape index (κ3) is 6.70. The zero-order chi connectivity index (χ0) is 24.7. The molecule has 2 amide bonds. The summed E-state index contributed by atoms with van der Waals surface area (Å²) >= 11 is 1.43. The molecule has 0 bridgehead atoms. The van der Waals surface area contributed by atoms with Crippen LogP contribution in [0.4, 0.5) is 13.2 Å². The number of halogens is 3. The van der Waals surface area contributed by atoms with Gasteiger partial charge < -0.3 is 22.1 Å². The summed E-state index contributed by atoms with van der Waals surface area (Å²) in [5.74, 6) is -0.927. The van der Waals surface area contributed by atoms with E-state index in [1.54, 1.807) is 5.38 Å². The number of nitrogens with two attached hydrogens (primary N) is 2. The van der Waals surface area contributed by atoms with E-state index in [1.807, 2.05) is 24.3 Å². The molecule has 1 heterocycles. The van der Waals surface area contributed by atoms with Crippen LogP contribution in [0.15, 0.2) is 58.9 Å². The Bertz CT molecular complexity index is 1170. The first-order valence-electron chi connectivity index (χ1n) is 10.4. The van der Waals surface area contributed by atoms with Gasteiger partial charge in [0.2, 0.25) is 5.91 Å². The molecule has 0 spiro atoms. The molecular weight excluding hydrogens is 467 g/mol. The van der Waals surface area contributed by atoms with Crippen LogP contribution >= 0.6 is 11.3 Å². The van der Waals surface area contributed by atoms with Gasteiger partial charge in [-0.25, -0.2) is 0 Å². The highest BCUT2D eigenvalue weighted by Crippen LogP contribution is 2.29. The van der Waals surface area contributed by atoms with E-state index in [0.29, 0.717) is 17.5 Å². The van der Waals surface area contributed by atoms with E-state index in [-0.39, 0.29) is 25.5 Å². The number of guanidine groups is 1. The number of carbonyl (C=O) groups is 2. The number of carbonyl (C=O) groups excluding carboxylic acids is 2. The normalized spacial score (nSPS) is 12.2. The Morgan fingerprint density at radius 1 is 1.06 bits per heavy atom. The smallest absolute Gasteiger partial charge is 0.370 e. The Morgan fingerprint density at radius 2 is 1.76 bits per heavy atom. The van der Waals surface area contributed by atoms with Crippen LogP contribution < -0.4 is 22.1 Å². The van der Waals surface area contributed by atoms with Crippen LogP contribution in [0.2, 0.25) is 0 Å². The molecule has 1 atom stereocenters. The molecule has 7 nitrogen and oxygen atoms in total. The number of nitrogens with zero attached hydrogens (tertiary/aromatic N) is 1. The summed E-state index contributed by atoms with van der Waals surface area (Å²) in [4.78, 5) is 29.7. The molecule has 0 saturated heterocycles. The van der Waals surface area contributed by atoms with Gasteiger partial charge in [0.15, 0.2) is 5.96 Å². The van der Waals surface area contributed by atoms with Gasteiger partial charge in [0.1, 0.15) is 6.04 Å². The first kappa shape index (κ1) is 25.0. The topological polar surface area (TPSA) is 123 Å². The lowest BCUT2D eigenvalue weighted by Gasteiger charge is -2.18. The zero-order valence-electron chi connectivity index (χ0n) is 18.1. The monoisotopic (exact) mass is 491 g/mol. The van der Waals surface area contributed by atoms with Gasteiger partial charge in [0.25, 0.3) is 5.91 Å². The minimum atomic E-state index is -4.43. The molecule has 3 rings (SSSR count). The average Bonchev–Trinajstić information content (AvgIpc) is 3.23. The van der Waals surface area contributed by atoms with Crippen molar-refractivity contribution < 1.29 is 22.8 Å². The number of thiophene rings is 1. The Balaban J connectivity index is 1.68. The maximum absolute atomic E-state index is 12.9. The Morgan fingerprint density at radius 3 is 2.44 bits per heavy atom. The van der Waals surface area contributed by atoms with E-state index in [4.69, 9.17) is 11.5 Å². The minimum Gasteiger partial charge on any atom is -0.370 e. The fourth-order valence-corrected chi connectivity index (χ4v) is 4.23. The maximum Gasteiger partial charge on any atom is 0.416 e. The molecule has 0 aliphatic heterocycles. The molecule has 0 aliphatic rings. The second kappa shape index (κ2) is 11.0. The van der Waals surface area contributed by atoms with E-state index in [0.717, 1.165) is 22.2 Å². The molecule has 180 valence electrons. The Hall–Kier alpha value is -3.60. The van der Waals surface area contributed by atoms with Crippen LogP contribution in [-0.2, 0) is 17.5 Å². The lowest BCUT2D eigenvalue weighted by atomic mass is 10.1. The molecule has 0 aliphatic carbocycles. The number of hydrogen-bond acceptors (Lipinski definition) is 4. The van der Waals surface area contributed by atoms with Gasteiger partial charge in [-0.1, -0.05) is 30.3 Å². The molecule has 6 N–H and O–H groups in total. The van der Waals surface area contributed by atoms with Gasteiger partial charge in [-0.3, -0.25) is 14.6 Å². The van der Waals surface area contributed by atoms with Crippen molar-refractivity contribution in [1.82, 2.24) is 10.6 Å². The van der Waals surface area contributed by atoms with Crippen molar-refractivity contribution in [2.24, 2.45) is 16.5 Å². The van der Waals surface area contributed by atoms with Gasteiger partial charge in [-0.2, -0.15) is 13.2 Å². The first-order valence-corrected chi connectivity index (χ1v) is 11.3. The molecule has 0 saturated carbocycles. The molecule has 11 heteroatoms. The standard InChI is InChI=1S/C23H24F3N5O2S/c24-23(25,26)15-9-7-14(8-10-15)12-30-21(33)18(5-3-11-29-22(27)28)31-20(32)17-13-34-19-6-2-1-4-16(17)19/h1-2,4,6-10,13,18H,3,5,11-12H2,(H,30,33)(H,31,32)(H4,27,28,29)/t18-/m1/s1. The summed E-state index contributed by atoms with van der Waals surface area (Å²) in [6.45, 7) is 0.293. The summed E-state index contributed by atoms with van der Waals surface area (Å²) in [7, 11) is 0. The predicted molar refractivity (Wildman–Crippen MR) is 126 cm³/mol. The molecule has 0 fully saturated rings. The average molecular weight is 492 g/mol. The maximum atomic E-state index is 12.9. The first-order chi connectivity index (χ1) is 16.1. The SMILES string of the molecule is NC(N)=NCCC[C@@H](NC(=O)c1csc2ccccc12)C(=O)NCc1ccc(C(F)(F)F)cc1.